The second-order valence-corrected chi connectivity index (χ2v) is 10.6. The molecule has 194 valence electrons. The average molecular weight is 497 g/mol. The summed E-state index contributed by atoms with van der Waals surface area (Å²) in [6.07, 6.45) is 2.92. The standard InChI is InChI=1S/C27H36N4O5/c1-16-6-8-29-20(10-16)19-14-31-9-7-17-11-24(35-15-25(28)32)23(34-5)12-18(17)22(31)13-21(19)30-26(33)36-27(2,3)4/h6,8,10-12,19,21-22H,7,9,13-15H2,1-5H3,(H2,28,32)(H,30,33)/t19-,21-,22-/m1/s1. The Balaban J connectivity index is 1.65. The van der Waals surface area contributed by atoms with E-state index in [9.17, 15) is 9.59 Å². The van der Waals surface area contributed by atoms with Gasteiger partial charge in [-0.2, -0.15) is 0 Å². The lowest BCUT2D eigenvalue weighted by Gasteiger charge is -2.47. The number of methoxy groups -OCH3 is 1. The SMILES string of the molecule is COc1cc2c(cc1OCC(N)=O)CCN1C[C@H](c3cc(C)ccn3)[C@H](NC(=O)OC(C)(C)C)C[C@H]21. The van der Waals surface area contributed by atoms with Gasteiger partial charge in [0, 0.05) is 43.0 Å². The highest BCUT2D eigenvalue weighted by Crippen LogP contribution is 2.44. The van der Waals surface area contributed by atoms with Crippen LogP contribution in [0.4, 0.5) is 4.79 Å². The first kappa shape index (κ1) is 25.8. The number of amides is 2. The number of carbonyl (C=O) groups excluding carboxylic acids is 2. The Morgan fingerprint density at radius 2 is 2.00 bits per heavy atom. The van der Waals surface area contributed by atoms with Crippen molar-refractivity contribution >= 4 is 12.0 Å². The lowest BCUT2D eigenvalue weighted by molar-refractivity contribution is -0.119. The third-order valence-electron chi connectivity index (χ3n) is 6.68. The highest BCUT2D eigenvalue weighted by atomic mass is 16.6. The van der Waals surface area contributed by atoms with E-state index in [1.807, 2.05) is 45.2 Å². The number of aryl methyl sites for hydroxylation is 1. The van der Waals surface area contributed by atoms with E-state index in [1.54, 1.807) is 7.11 Å². The number of piperidine rings is 1. The number of nitrogens with zero attached hydrogens (tertiary/aromatic N) is 2. The molecule has 2 aromatic rings. The molecular formula is C27H36N4O5. The molecule has 2 aliphatic heterocycles. The molecule has 0 saturated carbocycles. The molecule has 0 spiro atoms. The number of rotatable bonds is 6. The molecule has 4 rings (SSSR count). The number of fused-ring (bicyclic) bond motifs is 3. The maximum atomic E-state index is 12.8. The van der Waals surface area contributed by atoms with Crippen molar-refractivity contribution in [3.8, 4) is 11.5 Å². The van der Waals surface area contributed by atoms with Crippen molar-refractivity contribution in [2.24, 2.45) is 5.73 Å². The second kappa shape index (κ2) is 10.3. The molecule has 3 N–H and O–H groups in total. The summed E-state index contributed by atoms with van der Waals surface area (Å²) in [6.45, 7) is 9.03. The van der Waals surface area contributed by atoms with Crippen LogP contribution in [-0.4, -0.2) is 60.3 Å². The molecule has 0 aliphatic carbocycles. The quantitative estimate of drug-likeness (QED) is 0.631. The van der Waals surface area contributed by atoms with Gasteiger partial charge in [0.15, 0.2) is 18.1 Å². The predicted molar refractivity (Wildman–Crippen MR) is 135 cm³/mol. The van der Waals surface area contributed by atoms with Crippen LogP contribution >= 0.6 is 0 Å². The van der Waals surface area contributed by atoms with Crippen LogP contribution in [0.2, 0.25) is 0 Å². The third kappa shape index (κ3) is 5.90. The largest absolute Gasteiger partial charge is 0.493 e. The number of nitrogens with two attached hydrogens (primary N) is 1. The Kier molecular flexibility index (Phi) is 7.40. The zero-order chi connectivity index (χ0) is 26.0. The Bertz CT molecular complexity index is 1130. The molecular weight excluding hydrogens is 460 g/mol. The topological polar surface area (TPSA) is 116 Å². The summed E-state index contributed by atoms with van der Waals surface area (Å²) in [5.74, 6) is 0.538. The van der Waals surface area contributed by atoms with Gasteiger partial charge in [-0.25, -0.2) is 4.79 Å². The summed E-state index contributed by atoms with van der Waals surface area (Å²) in [7, 11) is 1.58. The number of pyridine rings is 1. The first-order valence-corrected chi connectivity index (χ1v) is 12.3. The number of ether oxygens (including phenoxy) is 3. The molecule has 0 radical (unpaired) electrons. The number of primary amides is 1. The number of nitrogens with one attached hydrogen (secondary N) is 1. The number of hydrogen-bond donors (Lipinski definition) is 2. The smallest absolute Gasteiger partial charge is 0.407 e. The van der Waals surface area contributed by atoms with Gasteiger partial charge < -0.3 is 25.3 Å². The Labute approximate surface area is 212 Å². The Morgan fingerprint density at radius 1 is 1.22 bits per heavy atom. The van der Waals surface area contributed by atoms with E-state index in [4.69, 9.17) is 19.9 Å². The zero-order valence-corrected chi connectivity index (χ0v) is 21.7. The van der Waals surface area contributed by atoms with E-state index in [-0.39, 0.29) is 24.6 Å². The molecule has 9 heteroatoms. The van der Waals surface area contributed by atoms with Gasteiger partial charge in [0.05, 0.1) is 7.11 Å². The minimum absolute atomic E-state index is 0.0234. The fourth-order valence-corrected chi connectivity index (χ4v) is 5.14. The van der Waals surface area contributed by atoms with E-state index in [0.29, 0.717) is 17.9 Å². The second-order valence-electron chi connectivity index (χ2n) is 10.6. The van der Waals surface area contributed by atoms with Crippen LogP contribution in [0.25, 0.3) is 0 Å². The van der Waals surface area contributed by atoms with Crippen molar-refractivity contribution in [1.29, 1.82) is 0 Å². The Hall–Kier alpha value is -3.33. The maximum Gasteiger partial charge on any atom is 0.407 e. The van der Waals surface area contributed by atoms with Crippen molar-refractivity contribution in [2.75, 3.05) is 26.8 Å². The van der Waals surface area contributed by atoms with Crippen LogP contribution in [0, 0.1) is 6.92 Å². The van der Waals surface area contributed by atoms with Crippen LogP contribution in [-0.2, 0) is 16.0 Å². The van der Waals surface area contributed by atoms with Crippen molar-refractivity contribution in [1.82, 2.24) is 15.2 Å². The maximum absolute atomic E-state index is 12.8. The third-order valence-corrected chi connectivity index (χ3v) is 6.68. The summed E-state index contributed by atoms with van der Waals surface area (Å²) >= 11 is 0. The van der Waals surface area contributed by atoms with Gasteiger partial charge >= 0.3 is 6.09 Å². The molecule has 1 aromatic heterocycles. The van der Waals surface area contributed by atoms with Gasteiger partial charge in [0.25, 0.3) is 5.91 Å². The molecule has 1 aromatic carbocycles. The van der Waals surface area contributed by atoms with Gasteiger partial charge in [0.2, 0.25) is 0 Å². The van der Waals surface area contributed by atoms with Gasteiger partial charge in [0.1, 0.15) is 5.60 Å². The van der Waals surface area contributed by atoms with Gasteiger partial charge in [-0.1, -0.05) is 0 Å². The van der Waals surface area contributed by atoms with Crippen molar-refractivity contribution < 1.29 is 23.8 Å². The van der Waals surface area contributed by atoms with Gasteiger partial charge in [-0.3, -0.25) is 14.7 Å². The van der Waals surface area contributed by atoms with E-state index in [1.165, 1.54) is 0 Å². The predicted octanol–water partition coefficient (Wildman–Crippen LogP) is 3.24. The Morgan fingerprint density at radius 3 is 2.67 bits per heavy atom. The molecule has 1 fully saturated rings. The van der Waals surface area contributed by atoms with Gasteiger partial charge in [-0.05, 0) is 81.5 Å². The zero-order valence-electron chi connectivity index (χ0n) is 21.7. The monoisotopic (exact) mass is 496 g/mol. The summed E-state index contributed by atoms with van der Waals surface area (Å²) in [6, 6.07) is 7.91. The van der Waals surface area contributed by atoms with Gasteiger partial charge in [-0.15, -0.1) is 0 Å². The molecule has 2 amide bonds. The number of alkyl carbamates (subject to hydrolysis) is 1. The highest BCUT2D eigenvalue weighted by Gasteiger charge is 2.41. The first-order chi connectivity index (χ1) is 17.0. The van der Waals surface area contributed by atoms with E-state index < -0.39 is 17.6 Å². The highest BCUT2D eigenvalue weighted by molar-refractivity contribution is 5.75. The molecule has 9 nitrogen and oxygen atoms in total. The fourth-order valence-electron chi connectivity index (χ4n) is 5.14. The average Bonchev–Trinajstić information content (AvgIpc) is 2.80. The molecule has 2 aliphatic rings. The van der Waals surface area contributed by atoms with Crippen LogP contribution < -0.4 is 20.5 Å². The van der Waals surface area contributed by atoms with Crippen LogP contribution in [0.5, 0.6) is 11.5 Å². The first-order valence-electron chi connectivity index (χ1n) is 12.3. The minimum Gasteiger partial charge on any atom is -0.493 e. The lowest BCUT2D eigenvalue weighted by atomic mass is 9.79. The summed E-state index contributed by atoms with van der Waals surface area (Å²) in [5, 5.41) is 3.14. The molecule has 0 bridgehead atoms. The molecule has 3 atom stereocenters. The summed E-state index contributed by atoms with van der Waals surface area (Å²) in [5.41, 5.74) is 9.04. The van der Waals surface area contributed by atoms with E-state index in [0.717, 1.165) is 41.9 Å². The normalized spacial score (nSPS) is 21.6. The molecule has 36 heavy (non-hydrogen) atoms. The van der Waals surface area contributed by atoms with Crippen molar-refractivity contribution in [3.63, 3.8) is 0 Å². The number of hydrogen-bond acceptors (Lipinski definition) is 7. The van der Waals surface area contributed by atoms with E-state index >= 15 is 0 Å². The summed E-state index contributed by atoms with van der Waals surface area (Å²) in [4.78, 5) is 31.1. The van der Waals surface area contributed by atoms with E-state index in [2.05, 4.69) is 28.2 Å². The number of benzene rings is 1. The molecule has 3 heterocycles. The number of aromatic nitrogens is 1. The number of carbonyl (C=O) groups is 2. The molecule has 0 unspecified atom stereocenters. The minimum atomic E-state index is -0.589. The van der Waals surface area contributed by atoms with Crippen molar-refractivity contribution in [3.05, 3.63) is 52.8 Å². The van der Waals surface area contributed by atoms with Crippen molar-refractivity contribution in [2.45, 2.75) is 64.1 Å². The van der Waals surface area contributed by atoms with Crippen LogP contribution in [0.1, 0.15) is 61.5 Å². The fraction of sp³-hybridized carbons (Fsp3) is 0.519. The van der Waals surface area contributed by atoms with Crippen LogP contribution in [0.15, 0.2) is 30.5 Å². The lowest BCUT2D eigenvalue weighted by Crippen LogP contribution is -2.53. The molecule has 1 saturated heterocycles. The summed E-state index contributed by atoms with van der Waals surface area (Å²) < 4.78 is 16.8. The van der Waals surface area contributed by atoms with Crippen LogP contribution in [0.3, 0.4) is 0 Å².